The standard InChI is InChI=1S/C15H21ClN2O/c1-2-10-6-3-4-9-13(10)18-15(19)11-7-5-8-12(17)14(11)16/h5,7-8,10,13H,2-4,6,9,17H2,1H3,(H,18,19). The Hall–Kier alpha value is -1.22. The number of carbonyl (C=O) groups excluding carboxylic acids is 1. The smallest absolute Gasteiger partial charge is 0.253 e. The minimum Gasteiger partial charge on any atom is -0.398 e. The van der Waals surface area contributed by atoms with Crippen molar-refractivity contribution in [1.29, 1.82) is 0 Å². The Balaban J connectivity index is 2.09. The third-order valence-corrected chi connectivity index (χ3v) is 4.44. The molecule has 2 atom stereocenters. The molecule has 1 fully saturated rings. The third-order valence-electron chi connectivity index (χ3n) is 4.02. The molecule has 0 heterocycles. The fraction of sp³-hybridized carbons (Fsp3) is 0.533. The molecular weight excluding hydrogens is 260 g/mol. The molecule has 1 aromatic rings. The van der Waals surface area contributed by atoms with E-state index in [1.165, 1.54) is 19.3 Å². The molecule has 1 amide bonds. The zero-order chi connectivity index (χ0) is 13.8. The fourth-order valence-corrected chi connectivity index (χ4v) is 3.07. The van der Waals surface area contributed by atoms with Gasteiger partial charge in [-0.05, 0) is 30.9 Å². The molecule has 19 heavy (non-hydrogen) atoms. The van der Waals surface area contributed by atoms with E-state index in [-0.39, 0.29) is 11.9 Å². The second-order valence-corrected chi connectivity index (χ2v) is 5.62. The van der Waals surface area contributed by atoms with Crippen LogP contribution in [0.2, 0.25) is 5.02 Å². The van der Waals surface area contributed by atoms with Crippen molar-refractivity contribution in [3.8, 4) is 0 Å². The summed E-state index contributed by atoms with van der Waals surface area (Å²) >= 11 is 6.09. The van der Waals surface area contributed by atoms with Crippen LogP contribution in [-0.4, -0.2) is 11.9 Å². The van der Waals surface area contributed by atoms with Crippen molar-refractivity contribution in [2.45, 2.75) is 45.1 Å². The van der Waals surface area contributed by atoms with Crippen LogP contribution in [0.5, 0.6) is 0 Å². The quantitative estimate of drug-likeness (QED) is 0.831. The summed E-state index contributed by atoms with van der Waals surface area (Å²) in [5, 5.41) is 3.48. The molecule has 1 aliphatic rings. The molecular formula is C15H21ClN2O. The Morgan fingerprint density at radius 2 is 2.16 bits per heavy atom. The lowest BCUT2D eigenvalue weighted by molar-refractivity contribution is 0.0905. The highest BCUT2D eigenvalue weighted by atomic mass is 35.5. The molecule has 0 aromatic heterocycles. The summed E-state index contributed by atoms with van der Waals surface area (Å²) < 4.78 is 0. The summed E-state index contributed by atoms with van der Waals surface area (Å²) in [5.41, 5.74) is 6.66. The van der Waals surface area contributed by atoms with Crippen molar-refractivity contribution in [3.63, 3.8) is 0 Å². The minimum atomic E-state index is -0.109. The number of hydrogen-bond donors (Lipinski definition) is 2. The van der Waals surface area contributed by atoms with Crippen LogP contribution < -0.4 is 11.1 Å². The van der Waals surface area contributed by atoms with Crippen LogP contribution in [0.1, 0.15) is 49.4 Å². The van der Waals surface area contributed by atoms with E-state index in [0.717, 1.165) is 12.8 Å². The van der Waals surface area contributed by atoms with Crippen molar-refractivity contribution < 1.29 is 4.79 Å². The molecule has 1 saturated carbocycles. The first-order valence-electron chi connectivity index (χ1n) is 6.98. The number of anilines is 1. The molecule has 0 spiro atoms. The van der Waals surface area contributed by atoms with E-state index in [2.05, 4.69) is 12.2 Å². The average Bonchev–Trinajstić information content (AvgIpc) is 2.42. The van der Waals surface area contributed by atoms with Crippen LogP contribution in [0.4, 0.5) is 5.69 Å². The molecule has 2 unspecified atom stereocenters. The highest BCUT2D eigenvalue weighted by molar-refractivity contribution is 6.36. The number of hydrogen-bond acceptors (Lipinski definition) is 2. The maximum Gasteiger partial charge on any atom is 0.253 e. The van der Waals surface area contributed by atoms with Crippen molar-refractivity contribution in [2.75, 3.05) is 5.73 Å². The lowest BCUT2D eigenvalue weighted by Crippen LogP contribution is -2.42. The van der Waals surface area contributed by atoms with E-state index in [9.17, 15) is 4.79 Å². The molecule has 2 rings (SSSR count). The van der Waals surface area contributed by atoms with Crippen molar-refractivity contribution in [1.82, 2.24) is 5.32 Å². The minimum absolute atomic E-state index is 0.109. The maximum absolute atomic E-state index is 12.3. The number of carbonyl (C=O) groups is 1. The van der Waals surface area contributed by atoms with Gasteiger partial charge in [0, 0.05) is 6.04 Å². The van der Waals surface area contributed by atoms with Gasteiger partial charge < -0.3 is 11.1 Å². The van der Waals surface area contributed by atoms with Crippen LogP contribution in [0, 0.1) is 5.92 Å². The number of nitrogens with two attached hydrogens (primary N) is 1. The zero-order valence-electron chi connectivity index (χ0n) is 11.3. The van der Waals surface area contributed by atoms with Crippen molar-refractivity contribution >= 4 is 23.2 Å². The summed E-state index contributed by atoms with van der Waals surface area (Å²) in [6, 6.07) is 5.45. The van der Waals surface area contributed by atoms with Crippen LogP contribution >= 0.6 is 11.6 Å². The van der Waals surface area contributed by atoms with E-state index in [4.69, 9.17) is 17.3 Å². The maximum atomic E-state index is 12.3. The summed E-state index contributed by atoms with van der Waals surface area (Å²) in [7, 11) is 0. The van der Waals surface area contributed by atoms with Crippen LogP contribution in [0.15, 0.2) is 18.2 Å². The molecule has 1 aliphatic carbocycles. The van der Waals surface area contributed by atoms with E-state index in [1.54, 1.807) is 18.2 Å². The van der Waals surface area contributed by atoms with E-state index in [0.29, 0.717) is 22.2 Å². The summed E-state index contributed by atoms with van der Waals surface area (Å²) in [4.78, 5) is 12.3. The predicted octanol–water partition coefficient (Wildman–Crippen LogP) is 3.62. The van der Waals surface area contributed by atoms with Gasteiger partial charge in [0.1, 0.15) is 0 Å². The number of benzene rings is 1. The van der Waals surface area contributed by atoms with Gasteiger partial charge in [-0.15, -0.1) is 0 Å². The first kappa shape index (κ1) is 14.2. The van der Waals surface area contributed by atoms with Crippen LogP contribution in [0.3, 0.4) is 0 Å². The van der Waals surface area contributed by atoms with Gasteiger partial charge in [0.15, 0.2) is 0 Å². The van der Waals surface area contributed by atoms with E-state index >= 15 is 0 Å². The summed E-state index contributed by atoms with van der Waals surface area (Å²) in [6.45, 7) is 2.18. The van der Waals surface area contributed by atoms with E-state index < -0.39 is 0 Å². The highest BCUT2D eigenvalue weighted by Crippen LogP contribution is 2.28. The first-order chi connectivity index (χ1) is 9.13. The van der Waals surface area contributed by atoms with Gasteiger partial charge in [-0.2, -0.15) is 0 Å². The Morgan fingerprint density at radius 3 is 2.89 bits per heavy atom. The van der Waals surface area contributed by atoms with Gasteiger partial charge in [-0.25, -0.2) is 0 Å². The molecule has 3 N–H and O–H groups in total. The molecule has 0 radical (unpaired) electrons. The largest absolute Gasteiger partial charge is 0.398 e. The van der Waals surface area contributed by atoms with Crippen LogP contribution in [0.25, 0.3) is 0 Å². The number of halogens is 1. The number of nitrogens with one attached hydrogen (secondary N) is 1. The summed E-state index contributed by atoms with van der Waals surface area (Å²) in [6.07, 6.45) is 5.82. The zero-order valence-corrected chi connectivity index (χ0v) is 12.0. The first-order valence-corrected chi connectivity index (χ1v) is 7.36. The molecule has 4 heteroatoms. The number of nitrogen functional groups attached to an aromatic ring is 1. The van der Waals surface area contributed by atoms with Gasteiger partial charge in [0.25, 0.3) is 5.91 Å². The van der Waals surface area contributed by atoms with Gasteiger partial charge in [-0.1, -0.05) is 43.9 Å². The fourth-order valence-electron chi connectivity index (χ4n) is 2.86. The van der Waals surface area contributed by atoms with Gasteiger partial charge in [-0.3, -0.25) is 4.79 Å². The van der Waals surface area contributed by atoms with Gasteiger partial charge in [0.2, 0.25) is 0 Å². The molecule has 0 saturated heterocycles. The Labute approximate surface area is 119 Å². The topological polar surface area (TPSA) is 55.1 Å². The second-order valence-electron chi connectivity index (χ2n) is 5.24. The molecule has 104 valence electrons. The lowest BCUT2D eigenvalue weighted by Gasteiger charge is -2.31. The monoisotopic (exact) mass is 280 g/mol. The molecule has 1 aromatic carbocycles. The Kier molecular flexibility index (Phi) is 4.70. The highest BCUT2D eigenvalue weighted by Gasteiger charge is 2.26. The average molecular weight is 281 g/mol. The lowest BCUT2D eigenvalue weighted by atomic mass is 9.83. The molecule has 0 aliphatic heterocycles. The van der Waals surface area contributed by atoms with Crippen LogP contribution in [-0.2, 0) is 0 Å². The second kappa shape index (κ2) is 6.29. The molecule has 3 nitrogen and oxygen atoms in total. The van der Waals surface area contributed by atoms with Gasteiger partial charge in [0.05, 0.1) is 16.3 Å². The molecule has 0 bridgehead atoms. The van der Waals surface area contributed by atoms with E-state index in [1.807, 2.05) is 0 Å². The normalized spacial score (nSPS) is 23.1. The number of rotatable bonds is 3. The summed E-state index contributed by atoms with van der Waals surface area (Å²) in [5.74, 6) is 0.472. The van der Waals surface area contributed by atoms with Crippen molar-refractivity contribution in [2.24, 2.45) is 5.92 Å². The predicted molar refractivity (Wildman–Crippen MR) is 79.4 cm³/mol. The SMILES string of the molecule is CCC1CCCCC1NC(=O)c1cccc(N)c1Cl. The van der Waals surface area contributed by atoms with Gasteiger partial charge >= 0.3 is 0 Å². The third kappa shape index (κ3) is 3.21. The Bertz CT molecular complexity index is 461. The van der Waals surface area contributed by atoms with Crippen molar-refractivity contribution in [3.05, 3.63) is 28.8 Å². The Morgan fingerprint density at radius 1 is 1.42 bits per heavy atom. The number of amides is 1.